The predicted octanol–water partition coefficient (Wildman–Crippen LogP) is 2.10. The molecule has 2 N–H and O–H groups in total. The molecule has 2 rings (SSSR count). The fourth-order valence-electron chi connectivity index (χ4n) is 2.43. The number of hydrogen-bond donors (Lipinski definition) is 1. The number of ether oxygens (including phenoxy) is 1. The molecular formula is C15H22N2O2. The molecule has 1 fully saturated rings. The lowest BCUT2D eigenvalue weighted by atomic mass is 10.1. The van der Waals surface area contributed by atoms with Crippen LogP contribution < -0.4 is 10.5 Å². The van der Waals surface area contributed by atoms with Crippen LogP contribution in [0.15, 0.2) is 24.3 Å². The lowest BCUT2D eigenvalue weighted by Crippen LogP contribution is -2.36. The summed E-state index contributed by atoms with van der Waals surface area (Å²) in [5.74, 6) is 1.06. The van der Waals surface area contributed by atoms with Crippen molar-refractivity contribution < 1.29 is 9.53 Å². The van der Waals surface area contributed by atoms with Crippen LogP contribution in [0.3, 0.4) is 0 Å². The number of benzene rings is 1. The highest BCUT2D eigenvalue weighted by molar-refractivity contribution is 5.76. The van der Waals surface area contributed by atoms with E-state index in [4.69, 9.17) is 10.5 Å². The van der Waals surface area contributed by atoms with Gasteiger partial charge in [-0.3, -0.25) is 4.79 Å². The predicted molar refractivity (Wildman–Crippen MR) is 75.0 cm³/mol. The molecular weight excluding hydrogens is 240 g/mol. The van der Waals surface area contributed by atoms with Crippen molar-refractivity contribution in [1.29, 1.82) is 0 Å². The molecule has 1 amide bonds. The molecule has 0 spiro atoms. The topological polar surface area (TPSA) is 55.6 Å². The number of amides is 1. The summed E-state index contributed by atoms with van der Waals surface area (Å²) in [6.07, 6.45) is 3.89. The van der Waals surface area contributed by atoms with E-state index in [0.717, 1.165) is 37.1 Å². The second-order valence-electron chi connectivity index (χ2n) is 5.03. The standard InChI is InChI=1S/C15H22N2O2/c1-19-13-8-6-12(7-9-13)14(16)11-17-10-4-2-3-5-15(17)18/h6-9,14H,2-5,10-11,16H2,1H3. The molecule has 104 valence electrons. The van der Waals surface area contributed by atoms with Gasteiger partial charge < -0.3 is 15.4 Å². The quantitative estimate of drug-likeness (QED) is 0.904. The minimum absolute atomic E-state index is 0.132. The number of hydrogen-bond acceptors (Lipinski definition) is 3. The van der Waals surface area contributed by atoms with Crippen molar-refractivity contribution in [1.82, 2.24) is 4.90 Å². The number of carbonyl (C=O) groups is 1. The summed E-state index contributed by atoms with van der Waals surface area (Å²) in [4.78, 5) is 13.8. The van der Waals surface area contributed by atoms with Crippen molar-refractivity contribution in [3.63, 3.8) is 0 Å². The molecule has 1 saturated heterocycles. The van der Waals surface area contributed by atoms with Gasteiger partial charge in [-0.05, 0) is 30.5 Å². The maximum absolute atomic E-state index is 11.9. The fourth-order valence-corrected chi connectivity index (χ4v) is 2.43. The molecule has 1 heterocycles. The number of carbonyl (C=O) groups excluding carboxylic acids is 1. The summed E-state index contributed by atoms with van der Waals surface area (Å²) in [6.45, 7) is 1.44. The Morgan fingerprint density at radius 2 is 2.00 bits per heavy atom. The van der Waals surface area contributed by atoms with Gasteiger partial charge in [0.2, 0.25) is 5.91 Å². The van der Waals surface area contributed by atoms with Crippen LogP contribution in [-0.4, -0.2) is 31.0 Å². The average molecular weight is 262 g/mol. The van der Waals surface area contributed by atoms with Crippen molar-refractivity contribution in [3.05, 3.63) is 29.8 Å². The van der Waals surface area contributed by atoms with Crippen LogP contribution in [0.25, 0.3) is 0 Å². The number of methoxy groups -OCH3 is 1. The Labute approximate surface area is 114 Å². The first-order valence-electron chi connectivity index (χ1n) is 6.88. The van der Waals surface area contributed by atoms with Crippen molar-refractivity contribution in [3.8, 4) is 5.75 Å². The van der Waals surface area contributed by atoms with E-state index in [-0.39, 0.29) is 11.9 Å². The van der Waals surface area contributed by atoms with Crippen molar-refractivity contribution in [2.75, 3.05) is 20.2 Å². The monoisotopic (exact) mass is 262 g/mol. The number of rotatable bonds is 4. The number of nitrogens with zero attached hydrogens (tertiary/aromatic N) is 1. The van der Waals surface area contributed by atoms with Crippen molar-refractivity contribution in [2.24, 2.45) is 5.73 Å². The zero-order chi connectivity index (χ0) is 13.7. The first kappa shape index (κ1) is 13.9. The van der Waals surface area contributed by atoms with Crippen LogP contribution in [-0.2, 0) is 4.79 Å². The first-order chi connectivity index (χ1) is 9.20. The summed E-state index contributed by atoms with van der Waals surface area (Å²) in [5.41, 5.74) is 7.24. The van der Waals surface area contributed by atoms with Crippen molar-refractivity contribution in [2.45, 2.75) is 31.7 Å². The molecule has 0 bridgehead atoms. The third kappa shape index (κ3) is 3.70. The van der Waals surface area contributed by atoms with E-state index in [1.807, 2.05) is 29.2 Å². The fraction of sp³-hybridized carbons (Fsp3) is 0.533. The van der Waals surface area contributed by atoms with Gasteiger partial charge in [-0.25, -0.2) is 0 Å². The lowest BCUT2D eigenvalue weighted by molar-refractivity contribution is -0.130. The smallest absolute Gasteiger partial charge is 0.222 e. The molecule has 1 aliphatic rings. The highest BCUT2D eigenvalue weighted by Crippen LogP contribution is 2.19. The molecule has 1 aromatic carbocycles. The molecule has 4 nitrogen and oxygen atoms in total. The SMILES string of the molecule is COc1ccc(C(N)CN2CCCCCC2=O)cc1. The number of nitrogens with two attached hydrogens (primary N) is 1. The maximum Gasteiger partial charge on any atom is 0.222 e. The lowest BCUT2D eigenvalue weighted by Gasteiger charge is -2.24. The van der Waals surface area contributed by atoms with E-state index in [1.165, 1.54) is 0 Å². The van der Waals surface area contributed by atoms with Crippen LogP contribution in [0.5, 0.6) is 5.75 Å². The highest BCUT2D eigenvalue weighted by Gasteiger charge is 2.19. The molecule has 0 aliphatic carbocycles. The first-order valence-corrected chi connectivity index (χ1v) is 6.88. The zero-order valence-corrected chi connectivity index (χ0v) is 11.5. The third-order valence-electron chi connectivity index (χ3n) is 3.63. The van der Waals surface area contributed by atoms with Gasteiger partial charge in [-0.1, -0.05) is 18.6 Å². The Kier molecular flexibility index (Phi) is 4.80. The van der Waals surface area contributed by atoms with Crippen LogP contribution in [0.1, 0.15) is 37.3 Å². The van der Waals surface area contributed by atoms with Gasteiger partial charge in [-0.15, -0.1) is 0 Å². The summed E-state index contributed by atoms with van der Waals surface area (Å²) >= 11 is 0. The zero-order valence-electron chi connectivity index (χ0n) is 11.5. The largest absolute Gasteiger partial charge is 0.497 e. The van der Waals surface area contributed by atoms with Gasteiger partial charge in [0.1, 0.15) is 5.75 Å². The van der Waals surface area contributed by atoms with Gasteiger partial charge in [-0.2, -0.15) is 0 Å². The Morgan fingerprint density at radius 1 is 1.26 bits per heavy atom. The van der Waals surface area contributed by atoms with Gasteiger partial charge in [0.25, 0.3) is 0 Å². The van der Waals surface area contributed by atoms with Crippen LogP contribution in [0.2, 0.25) is 0 Å². The minimum atomic E-state index is -0.132. The second-order valence-corrected chi connectivity index (χ2v) is 5.03. The number of likely N-dealkylation sites (tertiary alicyclic amines) is 1. The minimum Gasteiger partial charge on any atom is -0.497 e. The molecule has 19 heavy (non-hydrogen) atoms. The summed E-state index contributed by atoms with van der Waals surface area (Å²) in [5, 5.41) is 0. The van der Waals surface area contributed by atoms with Gasteiger partial charge >= 0.3 is 0 Å². The molecule has 4 heteroatoms. The van der Waals surface area contributed by atoms with E-state index in [0.29, 0.717) is 13.0 Å². The Morgan fingerprint density at radius 3 is 2.68 bits per heavy atom. The van der Waals surface area contributed by atoms with Gasteiger partial charge in [0.15, 0.2) is 0 Å². The van der Waals surface area contributed by atoms with E-state index in [1.54, 1.807) is 7.11 Å². The van der Waals surface area contributed by atoms with E-state index in [2.05, 4.69) is 0 Å². The summed E-state index contributed by atoms with van der Waals surface area (Å²) in [7, 11) is 1.64. The normalized spacial score (nSPS) is 18.0. The average Bonchev–Trinajstić information content (AvgIpc) is 2.64. The summed E-state index contributed by atoms with van der Waals surface area (Å²) in [6, 6.07) is 7.60. The van der Waals surface area contributed by atoms with Crippen LogP contribution >= 0.6 is 0 Å². The van der Waals surface area contributed by atoms with E-state index >= 15 is 0 Å². The molecule has 1 atom stereocenters. The second kappa shape index (κ2) is 6.57. The third-order valence-corrected chi connectivity index (χ3v) is 3.63. The molecule has 0 saturated carbocycles. The van der Waals surface area contributed by atoms with E-state index < -0.39 is 0 Å². The molecule has 0 aromatic heterocycles. The molecule has 1 aliphatic heterocycles. The summed E-state index contributed by atoms with van der Waals surface area (Å²) < 4.78 is 5.13. The van der Waals surface area contributed by atoms with Crippen LogP contribution in [0, 0.1) is 0 Å². The maximum atomic E-state index is 11.9. The molecule has 1 aromatic rings. The Bertz CT molecular complexity index is 417. The Hall–Kier alpha value is -1.55. The van der Waals surface area contributed by atoms with Gasteiger partial charge in [0.05, 0.1) is 7.11 Å². The van der Waals surface area contributed by atoms with Crippen molar-refractivity contribution >= 4 is 5.91 Å². The van der Waals surface area contributed by atoms with E-state index in [9.17, 15) is 4.79 Å². The van der Waals surface area contributed by atoms with Crippen LogP contribution in [0.4, 0.5) is 0 Å². The molecule has 0 radical (unpaired) electrons. The van der Waals surface area contributed by atoms with Gasteiger partial charge in [0, 0.05) is 25.6 Å². The highest BCUT2D eigenvalue weighted by atomic mass is 16.5. The molecule has 1 unspecified atom stereocenters. The Balaban J connectivity index is 1.98.